The Balaban J connectivity index is 1.62. The quantitative estimate of drug-likeness (QED) is 0.823. The molecule has 3 rings (SSSR count). The van der Waals surface area contributed by atoms with Gasteiger partial charge in [0, 0.05) is 57.0 Å². The summed E-state index contributed by atoms with van der Waals surface area (Å²) in [5.41, 5.74) is 1.10. The first-order valence-electron chi connectivity index (χ1n) is 9.81. The SMILES string of the molecule is CCCCNC(=O)N1CCC[C@]2(CCC(=O)N(Cc3cccnc3)C2)C1. The van der Waals surface area contributed by atoms with Gasteiger partial charge in [-0.3, -0.25) is 9.78 Å². The van der Waals surface area contributed by atoms with Crippen molar-refractivity contribution in [3.8, 4) is 0 Å². The topological polar surface area (TPSA) is 65.5 Å². The zero-order valence-electron chi connectivity index (χ0n) is 15.7. The highest BCUT2D eigenvalue weighted by Gasteiger charge is 2.42. The van der Waals surface area contributed by atoms with Gasteiger partial charge in [-0.25, -0.2) is 4.79 Å². The summed E-state index contributed by atoms with van der Waals surface area (Å²) in [5.74, 6) is 0.212. The fourth-order valence-electron chi connectivity index (χ4n) is 4.16. The normalized spacial score (nSPS) is 23.3. The van der Waals surface area contributed by atoms with Crippen LogP contribution in [0.15, 0.2) is 24.5 Å². The van der Waals surface area contributed by atoms with Gasteiger partial charge in [-0.15, -0.1) is 0 Å². The van der Waals surface area contributed by atoms with Gasteiger partial charge < -0.3 is 15.1 Å². The van der Waals surface area contributed by atoms with Crippen LogP contribution < -0.4 is 5.32 Å². The van der Waals surface area contributed by atoms with Gasteiger partial charge in [0.2, 0.25) is 5.91 Å². The molecule has 0 unspecified atom stereocenters. The molecule has 26 heavy (non-hydrogen) atoms. The third-order valence-corrected chi connectivity index (χ3v) is 5.60. The van der Waals surface area contributed by atoms with E-state index in [4.69, 9.17) is 0 Å². The number of carbonyl (C=O) groups excluding carboxylic acids is 2. The average Bonchev–Trinajstić information content (AvgIpc) is 2.66. The lowest BCUT2D eigenvalue weighted by atomic mass is 9.73. The zero-order valence-corrected chi connectivity index (χ0v) is 15.7. The van der Waals surface area contributed by atoms with E-state index in [0.29, 0.717) is 13.0 Å². The van der Waals surface area contributed by atoms with Crippen molar-refractivity contribution >= 4 is 11.9 Å². The van der Waals surface area contributed by atoms with Crippen LogP contribution >= 0.6 is 0 Å². The molecule has 3 heterocycles. The molecule has 1 atom stereocenters. The number of nitrogens with zero attached hydrogens (tertiary/aromatic N) is 3. The summed E-state index contributed by atoms with van der Waals surface area (Å²) >= 11 is 0. The Morgan fingerprint density at radius 1 is 1.35 bits per heavy atom. The molecule has 2 aliphatic heterocycles. The van der Waals surface area contributed by atoms with Gasteiger partial charge >= 0.3 is 6.03 Å². The van der Waals surface area contributed by atoms with Gasteiger partial charge in [0.25, 0.3) is 0 Å². The van der Waals surface area contributed by atoms with E-state index in [1.54, 1.807) is 6.20 Å². The molecular weight excluding hydrogens is 328 g/mol. The predicted molar refractivity (Wildman–Crippen MR) is 100 cm³/mol. The summed E-state index contributed by atoms with van der Waals surface area (Å²) in [6.07, 6.45) is 9.22. The molecule has 1 spiro atoms. The molecule has 3 amide bonds. The minimum absolute atomic E-state index is 0.0382. The highest BCUT2D eigenvalue weighted by molar-refractivity contribution is 5.77. The molecule has 0 radical (unpaired) electrons. The van der Waals surface area contributed by atoms with Crippen LogP contribution in [-0.2, 0) is 11.3 Å². The van der Waals surface area contributed by atoms with Gasteiger partial charge in [-0.05, 0) is 37.3 Å². The van der Waals surface area contributed by atoms with Crippen molar-refractivity contribution in [2.75, 3.05) is 26.2 Å². The van der Waals surface area contributed by atoms with Crippen molar-refractivity contribution in [1.29, 1.82) is 0 Å². The second kappa shape index (κ2) is 8.52. The minimum Gasteiger partial charge on any atom is -0.338 e. The monoisotopic (exact) mass is 358 g/mol. The van der Waals surface area contributed by atoms with Crippen molar-refractivity contribution in [3.63, 3.8) is 0 Å². The molecule has 2 fully saturated rings. The van der Waals surface area contributed by atoms with E-state index in [-0.39, 0.29) is 17.4 Å². The lowest BCUT2D eigenvalue weighted by molar-refractivity contribution is -0.139. The van der Waals surface area contributed by atoms with Gasteiger partial charge in [0.1, 0.15) is 0 Å². The van der Waals surface area contributed by atoms with Crippen molar-refractivity contribution in [3.05, 3.63) is 30.1 Å². The summed E-state index contributed by atoms with van der Waals surface area (Å²) in [6, 6.07) is 3.96. The number of carbonyl (C=O) groups is 2. The van der Waals surface area contributed by atoms with E-state index >= 15 is 0 Å². The number of aromatic nitrogens is 1. The van der Waals surface area contributed by atoms with Gasteiger partial charge in [0.15, 0.2) is 0 Å². The van der Waals surface area contributed by atoms with E-state index in [1.165, 1.54) is 0 Å². The average molecular weight is 358 g/mol. The highest BCUT2D eigenvalue weighted by Crippen LogP contribution is 2.39. The van der Waals surface area contributed by atoms with E-state index < -0.39 is 0 Å². The third-order valence-electron chi connectivity index (χ3n) is 5.60. The first-order chi connectivity index (χ1) is 12.6. The van der Waals surface area contributed by atoms with Crippen LogP contribution in [0.4, 0.5) is 4.79 Å². The fourth-order valence-corrected chi connectivity index (χ4v) is 4.16. The highest BCUT2D eigenvalue weighted by atomic mass is 16.2. The first-order valence-corrected chi connectivity index (χ1v) is 9.81. The number of hydrogen-bond donors (Lipinski definition) is 1. The van der Waals surface area contributed by atoms with Crippen LogP contribution in [0.3, 0.4) is 0 Å². The van der Waals surface area contributed by atoms with Crippen LogP contribution in [0.25, 0.3) is 0 Å². The summed E-state index contributed by atoms with van der Waals surface area (Å²) in [5, 5.41) is 3.03. The molecule has 0 aliphatic carbocycles. The minimum atomic E-state index is 0.0382. The van der Waals surface area contributed by atoms with Crippen LogP contribution in [-0.4, -0.2) is 52.9 Å². The Morgan fingerprint density at radius 3 is 3.00 bits per heavy atom. The smallest absolute Gasteiger partial charge is 0.317 e. The molecule has 1 aromatic heterocycles. The molecule has 1 aromatic rings. The second-order valence-corrected chi connectivity index (χ2v) is 7.72. The number of nitrogens with one attached hydrogen (secondary N) is 1. The first kappa shape index (κ1) is 18.7. The Labute approximate surface area is 156 Å². The molecule has 2 saturated heterocycles. The number of unbranched alkanes of at least 4 members (excludes halogenated alkanes) is 1. The van der Waals surface area contributed by atoms with Crippen molar-refractivity contribution in [1.82, 2.24) is 20.1 Å². The number of pyridine rings is 1. The number of rotatable bonds is 5. The van der Waals surface area contributed by atoms with E-state index in [1.807, 2.05) is 28.1 Å². The number of likely N-dealkylation sites (tertiary alicyclic amines) is 2. The van der Waals surface area contributed by atoms with E-state index in [9.17, 15) is 9.59 Å². The maximum Gasteiger partial charge on any atom is 0.317 e. The number of hydrogen-bond acceptors (Lipinski definition) is 3. The third kappa shape index (κ3) is 4.54. The largest absolute Gasteiger partial charge is 0.338 e. The number of amides is 3. The molecule has 0 saturated carbocycles. The molecule has 6 nitrogen and oxygen atoms in total. The summed E-state index contributed by atoms with van der Waals surface area (Å²) < 4.78 is 0. The van der Waals surface area contributed by atoms with E-state index in [2.05, 4.69) is 17.2 Å². The fraction of sp³-hybridized carbons (Fsp3) is 0.650. The standard InChI is InChI=1S/C20H30N4O2/c1-2-3-11-22-19(26)23-12-5-8-20(15-23)9-7-18(25)24(16-20)14-17-6-4-10-21-13-17/h4,6,10,13H,2-3,5,7-9,11-12,14-16H2,1H3,(H,22,26)/t20-/m0/s1. The Morgan fingerprint density at radius 2 is 2.23 bits per heavy atom. The lowest BCUT2D eigenvalue weighted by Crippen LogP contribution is -2.56. The molecule has 0 bridgehead atoms. The summed E-state index contributed by atoms with van der Waals surface area (Å²) in [6.45, 7) is 5.77. The molecule has 6 heteroatoms. The van der Waals surface area contributed by atoms with Crippen molar-refractivity contribution in [2.45, 2.75) is 52.0 Å². The lowest BCUT2D eigenvalue weighted by Gasteiger charge is -2.48. The molecule has 1 N–H and O–H groups in total. The maximum absolute atomic E-state index is 12.5. The van der Waals surface area contributed by atoms with Crippen molar-refractivity contribution < 1.29 is 9.59 Å². The maximum atomic E-state index is 12.5. The predicted octanol–water partition coefficient (Wildman–Crippen LogP) is 2.80. The summed E-state index contributed by atoms with van der Waals surface area (Å²) in [7, 11) is 0. The van der Waals surface area contributed by atoms with Crippen LogP contribution in [0, 0.1) is 5.41 Å². The summed E-state index contributed by atoms with van der Waals surface area (Å²) in [4.78, 5) is 33.0. The Kier molecular flexibility index (Phi) is 6.12. The van der Waals surface area contributed by atoms with Crippen LogP contribution in [0.5, 0.6) is 0 Å². The zero-order chi connectivity index (χ0) is 18.4. The number of piperidine rings is 2. The Hall–Kier alpha value is -2.11. The van der Waals surface area contributed by atoms with Gasteiger partial charge in [0.05, 0.1) is 0 Å². The number of urea groups is 1. The van der Waals surface area contributed by atoms with Crippen LogP contribution in [0.1, 0.15) is 51.0 Å². The van der Waals surface area contributed by atoms with Crippen LogP contribution in [0.2, 0.25) is 0 Å². The Bertz CT molecular complexity index is 621. The molecule has 0 aromatic carbocycles. The molecule has 142 valence electrons. The van der Waals surface area contributed by atoms with E-state index in [0.717, 1.165) is 63.8 Å². The second-order valence-electron chi connectivity index (χ2n) is 7.72. The van der Waals surface area contributed by atoms with Gasteiger partial charge in [-0.1, -0.05) is 19.4 Å². The molecule has 2 aliphatic rings. The molecular formula is C20H30N4O2. The van der Waals surface area contributed by atoms with Crippen molar-refractivity contribution in [2.24, 2.45) is 5.41 Å². The van der Waals surface area contributed by atoms with Gasteiger partial charge in [-0.2, -0.15) is 0 Å².